The van der Waals surface area contributed by atoms with Gasteiger partial charge in [0.2, 0.25) is 5.91 Å². The molecule has 0 bridgehead atoms. The van der Waals surface area contributed by atoms with Gasteiger partial charge in [-0.3, -0.25) is 4.79 Å². The molecule has 2 fully saturated rings. The van der Waals surface area contributed by atoms with E-state index >= 15 is 0 Å². The van der Waals surface area contributed by atoms with Crippen LogP contribution in [-0.2, 0) is 9.53 Å². The SMILES string of the molecule is CC/C=C(\C)C(=O)N1CC2(CCOCC2)C1c1ccccc1. The van der Waals surface area contributed by atoms with E-state index in [1.54, 1.807) is 0 Å². The number of carbonyl (C=O) groups excluding carboxylic acids is 1. The summed E-state index contributed by atoms with van der Waals surface area (Å²) in [4.78, 5) is 14.8. The third kappa shape index (κ3) is 2.58. The van der Waals surface area contributed by atoms with Crippen LogP contribution >= 0.6 is 0 Å². The largest absolute Gasteiger partial charge is 0.381 e. The lowest BCUT2D eigenvalue weighted by atomic mass is 9.64. The predicted molar refractivity (Wildman–Crippen MR) is 87.4 cm³/mol. The van der Waals surface area contributed by atoms with Crippen molar-refractivity contribution >= 4 is 5.91 Å². The van der Waals surface area contributed by atoms with Gasteiger partial charge in [0.05, 0.1) is 6.04 Å². The van der Waals surface area contributed by atoms with Crippen LogP contribution in [0.15, 0.2) is 42.0 Å². The van der Waals surface area contributed by atoms with Crippen LogP contribution in [0.25, 0.3) is 0 Å². The van der Waals surface area contributed by atoms with Crippen molar-refractivity contribution in [1.29, 1.82) is 0 Å². The van der Waals surface area contributed by atoms with Gasteiger partial charge in [-0.1, -0.05) is 43.3 Å². The Hall–Kier alpha value is -1.61. The predicted octanol–water partition coefficient (Wildman–Crippen LogP) is 3.72. The Bertz CT molecular complexity index is 558. The fraction of sp³-hybridized carbons (Fsp3) is 0.526. The van der Waals surface area contributed by atoms with E-state index in [4.69, 9.17) is 4.74 Å². The Morgan fingerprint density at radius 1 is 1.32 bits per heavy atom. The summed E-state index contributed by atoms with van der Waals surface area (Å²) in [5.41, 5.74) is 2.33. The van der Waals surface area contributed by atoms with Crippen LogP contribution in [-0.4, -0.2) is 30.6 Å². The monoisotopic (exact) mass is 299 g/mol. The molecule has 3 nitrogen and oxygen atoms in total. The lowest BCUT2D eigenvalue weighted by Gasteiger charge is -2.59. The number of rotatable bonds is 3. The van der Waals surface area contributed by atoms with E-state index in [1.807, 2.05) is 19.1 Å². The number of hydrogen-bond donors (Lipinski definition) is 0. The topological polar surface area (TPSA) is 29.5 Å². The van der Waals surface area contributed by atoms with Crippen molar-refractivity contribution in [3.63, 3.8) is 0 Å². The minimum atomic E-state index is 0.188. The normalized spacial score (nSPS) is 24.2. The highest BCUT2D eigenvalue weighted by atomic mass is 16.5. The molecule has 2 saturated heterocycles. The van der Waals surface area contributed by atoms with Gasteiger partial charge in [0, 0.05) is 30.7 Å². The van der Waals surface area contributed by atoms with Crippen molar-refractivity contribution in [3.05, 3.63) is 47.5 Å². The maximum Gasteiger partial charge on any atom is 0.249 e. The van der Waals surface area contributed by atoms with Crippen LogP contribution in [0.4, 0.5) is 0 Å². The van der Waals surface area contributed by atoms with Crippen LogP contribution < -0.4 is 0 Å². The van der Waals surface area contributed by atoms with Crippen LogP contribution in [0.1, 0.15) is 44.7 Å². The van der Waals surface area contributed by atoms with Gasteiger partial charge in [-0.15, -0.1) is 0 Å². The number of ether oxygens (including phenoxy) is 1. The summed E-state index contributed by atoms with van der Waals surface area (Å²) < 4.78 is 5.55. The molecule has 3 rings (SSSR count). The van der Waals surface area contributed by atoms with Crippen molar-refractivity contribution < 1.29 is 9.53 Å². The van der Waals surface area contributed by atoms with Gasteiger partial charge < -0.3 is 9.64 Å². The molecule has 3 heteroatoms. The minimum absolute atomic E-state index is 0.188. The molecule has 1 unspecified atom stereocenters. The first-order chi connectivity index (χ1) is 10.7. The van der Waals surface area contributed by atoms with Gasteiger partial charge in [-0.25, -0.2) is 0 Å². The van der Waals surface area contributed by atoms with Gasteiger partial charge in [0.1, 0.15) is 0 Å². The maximum absolute atomic E-state index is 12.8. The zero-order valence-electron chi connectivity index (χ0n) is 13.5. The van der Waals surface area contributed by atoms with Crippen molar-refractivity contribution in [2.75, 3.05) is 19.8 Å². The van der Waals surface area contributed by atoms with E-state index in [2.05, 4.69) is 36.1 Å². The van der Waals surface area contributed by atoms with Crippen molar-refractivity contribution in [2.24, 2.45) is 5.41 Å². The highest BCUT2D eigenvalue weighted by Crippen LogP contribution is 2.54. The van der Waals surface area contributed by atoms with Crippen molar-refractivity contribution in [1.82, 2.24) is 4.90 Å². The van der Waals surface area contributed by atoms with Gasteiger partial charge in [-0.2, -0.15) is 0 Å². The molecule has 2 heterocycles. The van der Waals surface area contributed by atoms with Gasteiger partial charge >= 0.3 is 0 Å². The molecular formula is C19H25NO2. The first-order valence-electron chi connectivity index (χ1n) is 8.28. The highest BCUT2D eigenvalue weighted by molar-refractivity contribution is 5.94. The Morgan fingerprint density at radius 2 is 2.00 bits per heavy atom. The Balaban J connectivity index is 1.89. The number of carbonyl (C=O) groups is 1. The molecule has 2 aliphatic rings. The summed E-state index contributed by atoms with van der Waals surface area (Å²) in [7, 11) is 0. The highest BCUT2D eigenvalue weighted by Gasteiger charge is 2.55. The molecule has 0 N–H and O–H groups in total. The van der Waals surface area contributed by atoms with E-state index in [0.717, 1.165) is 44.6 Å². The summed E-state index contributed by atoms with van der Waals surface area (Å²) in [6.07, 6.45) is 5.03. The molecule has 0 aromatic heterocycles. The molecule has 0 radical (unpaired) electrons. The van der Waals surface area contributed by atoms with Gasteiger partial charge in [0.25, 0.3) is 0 Å². The zero-order chi connectivity index (χ0) is 15.6. The Labute approximate surface area is 133 Å². The Kier molecular flexibility index (Phi) is 4.34. The zero-order valence-corrected chi connectivity index (χ0v) is 13.5. The van der Waals surface area contributed by atoms with Gasteiger partial charge in [0.15, 0.2) is 0 Å². The molecule has 1 aromatic rings. The molecule has 0 saturated carbocycles. The molecule has 0 aliphatic carbocycles. The molecule has 2 aliphatic heterocycles. The lowest BCUT2D eigenvalue weighted by Crippen LogP contribution is -2.62. The second-order valence-corrected chi connectivity index (χ2v) is 6.52. The van der Waals surface area contributed by atoms with E-state index in [9.17, 15) is 4.79 Å². The maximum atomic E-state index is 12.8. The second kappa shape index (κ2) is 6.25. The smallest absolute Gasteiger partial charge is 0.249 e. The third-order valence-corrected chi connectivity index (χ3v) is 5.09. The number of allylic oxidation sites excluding steroid dienone is 1. The summed E-state index contributed by atoms with van der Waals surface area (Å²) in [6.45, 7) is 6.50. The fourth-order valence-corrected chi connectivity index (χ4v) is 3.92. The second-order valence-electron chi connectivity index (χ2n) is 6.52. The van der Waals surface area contributed by atoms with E-state index in [1.165, 1.54) is 5.56 Å². The van der Waals surface area contributed by atoms with Crippen molar-refractivity contribution in [3.8, 4) is 0 Å². The van der Waals surface area contributed by atoms with E-state index < -0.39 is 0 Å². The molecule has 118 valence electrons. The summed E-state index contributed by atoms with van der Waals surface area (Å²) in [5.74, 6) is 0.188. The van der Waals surface area contributed by atoms with Crippen LogP contribution in [0.3, 0.4) is 0 Å². The summed E-state index contributed by atoms with van der Waals surface area (Å²) in [5, 5.41) is 0. The Morgan fingerprint density at radius 3 is 2.64 bits per heavy atom. The number of hydrogen-bond acceptors (Lipinski definition) is 2. The molecular weight excluding hydrogens is 274 g/mol. The van der Waals surface area contributed by atoms with E-state index in [0.29, 0.717) is 0 Å². The number of likely N-dealkylation sites (tertiary alicyclic amines) is 1. The first-order valence-corrected chi connectivity index (χ1v) is 8.28. The van der Waals surface area contributed by atoms with Crippen LogP contribution in [0.2, 0.25) is 0 Å². The number of benzene rings is 1. The molecule has 1 atom stereocenters. The quantitative estimate of drug-likeness (QED) is 0.796. The van der Waals surface area contributed by atoms with Crippen LogP contribution in [0, 0.1) is 5.41 Å². The minimum Gasteiger partial charge on any atom is -0.381 e. The average molecular weight is 299 g/mol. The molecule has 1 aromatic carbocycles. The average Bonchev–Trinajstić information content (AvgIpc) is 2.54. The number of nitrogens with zero attached hydrogens (tertiary/aromatic N) is 1. The fourth-order valence-electron chi connectivity index (χ4n) is 3.92. The molecule has 22 heavy (non-hydrogen) atoms. The summed E-state index contributed by atoms with van der Waals surface area (Å²) in [6, 6.07) is 10.7. The van der Waals surface area contributed by atoms with Gasteiger partial charge in [-0.05, 0) is 31.7 Å². The first kappa shape index (κ1) is 15.3. The van der Waals surface area contributed by atoms with Crippen LogP contribution in [0.5, 0.6) is 0 Å². The third-order valence-electron chi connectivity index (χ3n) is 5.09. The van der Waals surface area contributed by atoms with E-state index in [-0.39, 0.29) is 17.4 Å². The molecule has 1 spiro atoms. The number of amides is 1. The lowest BCUT2D eigenvalue weighted by molar-refractivity contribution is -0.165. The standard InChI is InChI=1S/C19H25NO2/c1-3-7-15(2)18(21)20-14-19(10-12-22-13-11-19)17(20)16-8-5-4-6-9-16/h4-9,17H,3,10-14H2,1-2H3/b15-7+. The van der Waals surface area contributed by atoms with Crippen molar-refractivity contribution in [2.45, 2.75) is 39.2 Å². The molecule has 1 amide bonds. The summed E-state index contributed by atoms with van der Waals surface area (Å²) >= 11 is 0.